The van der Waals surface area contributed by atoms with Crippen LogP contribution in [0, 0.1) is 13.8 Å². The van der Waals surface area contributed by atoms with Crippen LogP contribution in [-0.4, -0.2) is 16.0 Å². The first kappa shape index (κ1) is 17.2. The minimum absolute atomic E-state index is 0.163. The van der Waals surface area contributed by atoms with E-state index in [9.17, 15) is 4.79 Å². The maximum Gasteiger partial charge on any atom is 0.270 e. The average molecular weight is 375 g/mol. The Morgan fingerprint density at radius 2 is 1.78 bits per heavy atom. The van der Waals surface area contributed by atoms with Gasteiger partial charge in [-0.15, -0.1) is 11.3 Å². The van der Waals surface area contributed by atoms with Gasteiger partial charge in [-0.3, -0.25) is 4.79 Å². The first-order valence-electron chi connectivity index (χ1n) is 8.47. The summed E-state index contributed by atoms with van der Waals surface area (Å²) in [5, 5.41) is 8.89. The molecule has 4 aromatic rings. The van der Waals surface area contributed by atoms with Crippen molar-refractivity contribution in [3.05, 3.63) is 76.7 Å². The van der Waals surface area contributed by atoms with Crippen LogP contribution < -0.4 is 5.32 Å². The number of carbonyl (C=O) groups excluding carboxylic acids is 1. The first-order valence-corrected chi connectivity index (χ1v) is 9.35. The molecule has 134 valence electrons. The van der Waals surface area contributed by atoms with Gasteiger partial charge in [0.2, 0.25) is 5.82 Å². The van der Waals surface area contributed by atoms with Crippen molar-refractivity contribution in [3.8, 4) is 22.2 Å². The summed E-state index contributed by atoms with van der Waals surface area (Å²) in [6, 6.07) is 17.2. The van der Waals surface area contributed by atoms with E-state index in [2.05, 4.69) is 15.5 Å². The van der Waals surface area contributed by atoms with Crippen LogP contribution in [-0.2, 0) is 0 Å². The van der Waals surface area contributed by atoms with Crippen molar-refractivity contribution in [1.29, 1.82) is 0 Å². The molecule has 27 heavy (non-hydrogen) atoms. The highest BCUT2D eigenvalue weighted by Gasteiger charge is 2.18. The molecule has 5 nitrogen and oxygen atoms in total. The molecule has 0 atom stereocenters. The molecule has 0 saturated heterocycles. The molecule has 0 fully saturated rings. The molecule has 0 aliphatic carbocycles. The fourth-order valence-corrected chi connectivity index (χ4v) is 3.66. The van der Waals surface area contributed by atoms with E-state index < -0.39 is 0 Å². The van der Waals surface area contributed by atoms with Crippen LogP contribution >= 0.6 is 11.3 Å². The van der Waals surface area contributed by atoms with Crippen LogP contribution in [0.5, 0.6) is 0 Å². The van der Waals surface area contributed by atoms with Crippen molar-refractivity contribution in [1.82, 2.24) is 10.1 Å². The Morgan fingerprint density at radius 1 is 1.04 bits per heavy atom. The number of rotatable bonds is 4. The van der Waals surface area contributed by atoms with Gasteiger partial charge >= 0.3 is 0 Å². The molecule has 2 aromatic carbocycles. The third-order valence-electron chi connectivity index (χ3n) is 4.05. The van der Waals surface area contributed by atoms with Gasteiger partial charge in [-0.05, 0) is 37.4 Å². The third-order valence-corrected chi connectivity index (χ3v) is 4.95. The lowest BCUT2D eigenvalue weighted by molar-refractivity contribution is 0.102. The van der Waals surface area contributed by atoms with Crippen LogP contribution in [0.3, 0.4) is 0 Å². The van der Waals surface area contributed by atoms with Crippen LogP contribution in [0.25, 0.3) is 22.2 Å². The number of nitrogens with one attached hydrogen (secondary N) is 1. The molecule has 4 rings (SSSR count). The van der Waals surface area contributed by atoms with Crippen molar-refractivity contribution in [2.24, 2.45) is 0 Å². The second-order valence-electron chi connectivity index (χ2n) is 6.28. The molecule has 6 heteroatoms. The lowest BCUT2D eigenvalue weighted by Gasteiger charge is -2.07. The average Bonchev–Trinajstić information content (AvgIpc) is 3.30. The minimum Gasteiger partial charge on any atom is -0.333 e. The minimum atomic E-state index is -0.163. The summed E-state index contributed by atoms with van der Waals surface area (Å²) in [6.07, 6.45) is 0. The number of benzene rings is 2. The van der Waals surface area contributed by atoms with Crippen molar-refractivity contribution in [3.63, 3.8) is 0 Å². The van der Waals surface area contributed by atoms with Gasteiger partial charge in [0.25, 0.3) is 11.8 Å². The van der Waals surface area contributed by atoms with Crippen molar-refractivity contribution >= 4 is 22.9 Å². The van der Waals surface area contributed by atoms with E-state index >= 15 is 0 Å². The molecular formula is C21H17N3O2S. The molecule has 1 N–H and O–H groups in total. The quantitative estimate of drug-likeness (QED) is 0.523. The van der Waals surface area contributed by atoms with Gasteiger partial charge in [-0.1, -0.05) is 52.7 Å². The Kier molecular flexibility index (Phi) is 4.56. The summed E-state index contributed by atoms with van der Waals surface area (Å²) >= 11 is 1.44. The van der Waals surface area contributed by atoms with Gasteiger partial charge in [0, 0.05) is 11.1 Å². The first-order chi connectivity index (χ1) is 13.1. The third kappa shape index (κ3) is 3.66. The van der Waals surface area contributed by atoms with E-state index in [1.54, 1.807) is 0 Å². The number of thiophene rings is 1. The molecule has 1 amide bonds. The Bertz CT molecular complexity index is 1080. The summed E-state index contributed by atoms with van der Waals surface area (Å²) in [4.78, 5) is 17.9. The number of aromatic nitrogens is 2. The topological polar surface area (TPSA) is 68.0 Å². The number of aryl methyl sites for hydroxylation is 2. The number of amides is 1. The maximum absolute atomic E-state index is 12.7. The predicted octanol–water partition coefficient (Wildman–Crippen LogP) is 5.33. The zero-order valence-corrected chi connectivity index (χ0v) is 15.7. The summed E-state index contributed by atoms with van der Waals surface area (Å²) in [5.41, 5.74) is 4.27. The van der Waals surface area contributed by atoms with E-state index in [0.717, 1.165) is 21.6 Å². The fraction of sp³-hybridized carbons (Fsp3) is 0.0952. The zero-order valence-electron chi connectivity index (χ0n) is 14.9. The van der Waals surface area contributed by atoms with Gasteiger partial charge < -0.3 is 9.84 Å². The Balaban J connectivity index is 1.60. The van der Waals surface area contributed by atoms with Gasteiger partial charge in [0.1, 0.15) is 4.88 Å². The van der Waals surface area contributed by atoms with Crippen molar-refractivity contribution in [2.45, 2.75) is 13.8 Å². The molecule has 0 radical (unpaired) electrons. The van der Waals surface area contributed by atoms with Crippen molar-refractivity contribution < 1.29 is 9.32 Å². The number of nitrogens with zero attached hydrogens (tertiary/aromatic N) is 2. The largest absolute Gasteiger partial charge is 0.333 e. The van der Waals surface area contributed by atoms with E-state index in [0.29, 0.717) is 23.0 Å². The second kappa shape index (κ2) is 7.17. The normalized spacial score (nSPS) is 10.7. The zero-order chi connectivity index (χ0) is 18.8. The molecule has 0 aliphatic rings. The summed E-state index contributed by atoms with van der Waals surface area (Å²) in [7, 11) is 0. The smallest absolute Gasteiger partial charge is 0.270 e. The molecule has 2 heterocycles. The van der Waals surface area contributed by atoms with Gasteiger partial charge in [0.05, 0.1) is 5.69 Å². The Labute approximate surface area is 160 Å². The predicted molar refractivity (Wildman–Crippen MR) is 107 cm³/mol. The Hall–Kier alpha value is -3.25. The van der Waals surface area contributed by atoms with E-state index in [1.165, 1.54) is 11.3 Å². The number of carbonyl (C=O) groups is 1. The summed E-state index contributed by atoms with van der Waals surface area (Å²) < 4.78 is 5.43. The van der Waals surface area contributed by atoms with Crippen LogP contribution in [0.4, 0.5) is 5.69 Å². The monoisotopic (exact) mass is 375 g/mol. The summed E-state index contributed by atoms with van der Waals surface area (Å²) in [6.45, 7) is 3.95. The van der Waals surface area contributed by atoms with Gasteiger partial charge in [0.15, 0.2) is 0 Å². The molecular weight excluding hydrogens is 358 g/mol. The lowest BCUT2D eigenvalue weighted by atomic mass is 10.1. The fourth-order valence-electron chi connectivity index (χ4n) is 2.89. The molecule has 2 aromatic heterocycles. The molecule has 0 saturated carbocycles. The molecule has 0 bridgehead atoms. The van der Waals surface area contributed by atoms with Crippen LogP contribution in [0.1, 0.15) is 21.5 Å². The standard InChI is InChI=1S/C21H17N3O2S/c1-13-10-14(2)12-16(11-13)20(25)22-17-8-9-27-18(17)21-23-19(24-26-21)15-6-4-3-5-7-15/h3-12H,1-2H3,(H,22,25). The highest BCUT2D eigenvalue weighted by molar-refractivity contribution is 7.14. The highest BCUT2D eigenvalue weighted by Crippen LogP contribution is 2.34. The van der Waals surface area contributed by atoms with Crippen LogP contribution in [0.15, 0.2) is 64.5 Å². The number of hydrogen-bond acceptors (Lipinski definition) is 5. The molecule has 0 aliphatic heterocycles. The van der Waals surface area contributed by atoms with Gasteiger partial charge in [-0.2, -0.15) is 4.98 Å². The van der Waals surface area contributed by atoms with E-state index in [4.69, 9.17) is 4.52 Å². The molecule has 0 unspecified atom stereocenters. The van der Waals surface area contributed by atoms with E-state index in [1.807, 2.05) is 73.8 Å². The maximum atomic E-state index is 12.7. The van der Waals surface area contributed by atoms with E-state index in [-0.39, 0.29) is 5.91 Å². The summed E-state index contributed by atoms with van der Waals surface area (Å²) in [5.74, 6) is 0.745. The number of hydrogen-bond donors (Lipinski definition) is 1. The van der Waals surface area contributed by atoms with Crippen molar-refractivity contribution in [2.75, 3.05) is 5.32 Å². The second-order valence-corrected chi connectivity index (χ2v) is 7.20. The molecule has 0 spiro atoms. The lowest BCUT2D eigenvalue weighted by Crippen LogP contribution is -2.12. The Morgan fingerprint density at radius 3 is 2.52 bits per heavy atom. The number of anilines is 1. The highest BCUT2D eigenvalue weighted by atomic mass is 32.1. The van der Waals surface area contributed by atoms with Gasteiger partial charge in [-0.25, -0.2) is 0 Å². The SMILES string of the molecule is Cc1cc(C)cc(C(=O)Nc2ccsc2-c2nc(-c3ccccc3)no2)c1. The van der Waals surface area contributed by atoms with Crippen LogP contribution in [0.2, 0.25) is 0 Å².